The minimum atomic E-state index is -0.820. The molecule has 0 fully saturated rings. The molecule has 0 aliphatic carbocycles. The molecule has 6 heteroatoms. The number of likely N-dealkylation sites (N-methyl/N-ethyl adjacent to an activating group) is 1. The lowest BCUT2D eigenvalue weighted by Crippen LogP contribution is -2.58. The summed E-state index contributed by atoms with van der Waals surface area (Å²) in [5.74, 6) is 2.68. The zero-order chi connectivity index (χ0) is 30.9. The molecule has 222 valence electrons. The molecule has 1 aromatic heterocycles. The van der Waals surface area contributed by atoms with Gasteiger partial charge in [-0.25, -0.2) is 4.98 Å². The standard InChI is InChI=1S/C39H31ClN2O3/c1-38(2)32-23-27(40)15-18-33(32)42(3)39(38)20-19-30-29-17-16-28(43-4)21-26(29)22-31(36(30)45-39)37-41-34(24-11-7-5-8-12-24)35(44-37)25-13-9-6-10-14-25/h5-23H,1-4H3. The zero-order valence-corrected chi connectivity index (χ0v) is 26.2. The molecule has 3 heterocycles. The molecule has 0 radical (unpaired) electrons. The SMILES string of the molecule is COc1ccc2c3c(c(-c4nc(-c5ccccc5)c(-c5ccccc5)o4)cc2c1)OC1(C=C3)N(C)c2ccc(Cl)cc2C1(C)C. The van der Waals surface area contributed by atoms with Gasteiger partial charge in [0.25, 0.3) is 0 Å². The second kappa shape index (κ2) is 10.0. The Morgan fingerprint density at radius 2 is 1.58 bits per heavy atom. The average Bonchev–Trinajstić information content (AvgIpc) is 3.58. The summed E-state index contributed by atoms with van der Waals surface area (Å²) in [6.07, 6.45) is 4.36. The topological polar surface area (TPSA) is 47.7 Å². The van der Waals surface area contributed by atoms with E-state index in [1.54, 1.807) is 7.11 Å². The van der Waals surface area contributed by atoms with Crippen LogP contribution < -0.4 is 14.4 Å². The van der Waals surface area contributed by atoms with Crippen molar-refractivity contribution in [2.75, 3.05) is 19.1 Å². The highest BCUT2D eigenvalue weighted by Crippen LogP contribution is 2.57. The van der Waals surface area contributed by atoms with Gasteiger partial charge in [-0.3, -0.25) is 0 Å². The second-order valence-corrected chi connectivity index (χ2v) is 12.6. The van der Waals surface area contributed by atoms with E-state index in [4.69, 9.17) is 30.5 Å². The smallest absolute Gasteiger partial charge is 0.231 e. The number of rotatable bonds is 4. The largest absolute Gasteiger partial charge is 0.497 e. The van der Waals surface area contributed by atoms with Gasteiger partial charge in [0.15, 0.2) is 5.76 Å². The number of methoxy groups -OCH3 is 1. The van der Waals surface area contributed by atoms with E-state index in [-0.39, 0.29) is 0 Å². The highest BCUT2D eigenvalue weighted by Gasteiger charge is 2.58. The Balaban J connectivity index is 1.38. The van der Waals surface area contributed by atoms with Crippen LogP contribution in [0, 0.1) is 0 Å². The molecule has 0 bridgehead atoms. The molecule has 0 N–H and O–H groups in total. The van der Waals surface area contributed by atoms with E-state index < -0.39 is 11.1 Å². The van der Waals surface area contributed by atoms with Crippen molar-refractivity contribution in [3.8, 4) is 45.5 Å². The maximum absolute atomic E-state index is 7.31. The first kappa shape index (κ1) is 27.5. The van der Waals surface area contributed by atoms with Crippen molar-refractivity contribution >= 4 is 34.1 Å². The van der Waals surface area contributed by atoms with Gasteiger partial charge < -0.3 is 18.8 Å². The van der Waals surface area contributed by atoms with Crippen molar-refractivity contribution < 1.29 is 13.9 Å². The van der Waals surface area contributed by atoms with Crippen LogP contribution in [0.3, 0.4) is 0 Å². The predicted octanol–water partition coefficient (Wildman–Crippen LogP) is 10.0. The maximum atomic E-state index is 7.31. The molecule has 8 rings (SSSR count). The van der Waals surface area contributed by atoms with Crippen LogP contribution in [-0.2, 0) is 5.41 Å². The first-order valence-corrected chi connectivity index (χ1v) is 15.4. The number of anilines is 1. The van der Waals surface area contributed by atoms with Crippen LogP contribution in [0.25, 0.3) is 50.9 Å². The number of benzene rings is 5. The van der Waals surface area contributed by atoms with Crippen LogP contribution >= 0.6 is 11.6 Å². The summed E-state index contributed by atoms with van der Waals surface area (Å²) in [6.45, 7) is 4.41. The van der Waals surface area contributed by atoms with Gasteiger partial charge in [0.2, 0.25) is 11.6 Å². The molecule has 1 unspecified atom stereocenters. The average molecular weight is 611 g/mol. The van der Waals surface area contributed by atoms with Crippen molar-refractivity contribution in [3.05, 3.63) is 125 Å². The molecule has 1 atom stereocenters. The highest BCUT2D eigenvalue weighted by molar-refractivity contribution is 6.30. The molecule has 1 spiro atoms. The summed E-state index contributed by atoms with van der Waals surface area (Å²) in [7, 11) is 3.76. The monoisotopic (exact) mass is 610 g/mol. The number of halogens is 1. The van der Waals surface area contributed by atoms with E-state index in [0.29, 0.717) is 16.7 Å². The number of hydrogen-bond acceptors (Lipinski definition) is 5. The number of nitrogens with zero attached hydrogens (tertiary/aromatic N) is 2. The Bertz CT molecular complexity index is 2080. The predicted molar refractivity (Wildman–Crippen MR) is 182 cm³/mol. The van der Waals surface area contributed by atoms with E-state index in [9.17, 15) is 0 Å². The number of aromatic nitrogens is 1. The van der Waals surface area contributed by atoms with Gasteiger partial charge in [-0.1, -0.05) is 72.3 Å². The van der Waals surface area contributed by atoms with Gasteiger partial charge in [-0.2, -0.15) is 0 Å². The van der Waals surface area contributed by atoms with E-state index in [0.717, 1.165) is 61.5 Å². The zero-order valence-electron chi connectivity index (χ0n) is 25.5. The van der Waals surface area contributed by atoms with Crippen LogP contribution in [0.2, 0.25) is 5.02 Å². The van der Waals surface area contributed by atoms with E-state index >= 15 is 0 Å². The summed E-state index contributed by atoms with van der Waals surface area (Å²) in [5.41, 5.74) is 5.39. The summed E-state index contributed by atoms with van der Waals surface area (Å²) in [6, 6.07) is 34.5. The van der Waals surface area contributed by atoms with Gasteiger partial charge in [-0.15, -0.1) is 0 Å². The van der Waals surface area contributed by atoms with Crippen molar-refractivity contribution in [1.29, 1.82) is 0 Å². The number of oxazole rings is 1. The molecule has 2 aliphatic rings. The van der Waals surface area contributed by atoms with E-state index in [2.05, 4.69) is 74.3 Å². The number of hydrogen-bond donors (Lipinski definition) is 0. The normalized spacial score (nSPS) is 17.8. The van der Waals surface area contributed by atoms with Gasteiger partial charge in [-0.05, 0) is 84.8 Å². The minimum Gasteiger partial charge on any atom is -0.497 e. The van der Waals surface area contributed by atoms with Crippen LogP contribution in [0.15, 0.2) is 114 Å². The maximum Gasteiger partial charge on any atom is 0.231 e. The molecular formula is C39H31ClN2O3. The van der Waals surface area contributed by atoms with Crippen LogP contribution in [0.4, 0.5) is 5.69 Å². The third-order valence-corrected chi connectivity index (χ3v) is 9.63. The van der Waals surface area contributed by atoms with Crippen molar-refractivity contribution in [2.24, 2.45) is 0 Å². The van der Waals surface area contributed by atoms with Gasteiger partial charge in [0.1, 0.15) is 17.2 Å². The lowest BCUT2D eigenvalue weighted by molar-refractivity contribution is 0.0588. The fourth-order valence-electron chi connectivity index (χ4n) is 6.96. The summed E-state index contributed by atoms with van der Waals surface area (Å²) in [5, 5.41) is 2.76. The number of ether oxygens (including phenoxy) is 2. The highest BCUT2D eigenvalue weighted by atomic mass is 35.5. The lowest BCUT2D eigenvalue weighted by Gasteiger charge is -2.46. The molecule has 2 aliphatic heterocycles. The third kappa shape index (κ3) is 4.04. The summed E-state index contributed by atoms with van der Waals surface area (Å²) >= 11 is 6.51. The van der Waals surface area contributed by atoms with E-state index in [1.807, 2.05) is 66.7 Å². The molecule has 5 nitrogen and oxygen atoms in total. The number of fused-ring (bicyclic) bond motifs is 4. The minimum absolute atomic E-state index is 0.441. The van der Waals surface area contributed by atoms with Crippen LogP contribution in [0.5, 0.6) is 11.5 Å². The van der Waals surface area contributed by atoms with Crippen molar-refractivity contribution in [3.63, 3.8) is 0 Å². The Kier molecular flexibility index (Phi) is 6.13. The molecule has 0 saturated carbocycles. The Hall–Kier alpha value is -5.00. The van der Waals surface area contributed by atoms with Gasteiger partial charge >= 0.3 is 0 Å². The first-order valence-electron chi connectivity index (χ1n) is 15.0. The van der Waals surface area contributed by atoms with Crippen LogP contribution in [0.1, 0.15) is 25.0 Å². The van der Waals surface area contributed by atoms with Gasteiger partial charge in [0, 0.05) is 34.4 Å². The molecular weight excluding hydrogens is 580 g/mol. The Morgan fingerprint density at radius 3 is 2.31 bits per heavy atom. The summed E-state index contributed by atoms with van der Waals surface area (Å²) < 4.78 is 19.7. The first-order chi connectivity index (χ1) is 21.8. The molecule has 5 aromatic carbocycles. The van der Waals surface area contributed by atoms with Crippen LogP contribution in [-0.4, -0.2) is 24.9 Å². The third-order valence-electron chi connectivity index (χ3n) is 9.40. The van der Waals surface area contributed by atoms with Crippen molar-refractivity contribution in [1.82, 2.24) is 4.98 Å². The van der Waals surface area contributed by atoms with Crippen molar-refractivity contribution in [2.45, 2.75) is 25.0 Å². The molecule has 0 amide bonds. The quantitative estimate of drug-likeness (QED) is 0.199. The summed E-state index contributed by atoms with van der Waals surface area (Å²) in [4.78, 5) is 7.38. The fourth-order valence-corrected chi connectivity index (χ4v) is 7.13. The Labute approximate surface area is 267 Å². The van der Waals surface area contributed by atoms with E-state index in [1.165, 1.54) is 0 Å². The Morgan fingerprint density at radius 1 is 0.844 bits per heavy atom. The van der Waals surface area contributed by atoms with Gasteiger partial charge in [0.05, 0.1) is 18.1 Å². The molecule has 0 saturated heterocycles. The fraction of sp³-hybridized carbons (Fsp3) is 0.154. The lowest BCUT2D eigenvalue weighted by atomic mass is 9.76. The molecule has 6 aromatic rings. The second-order valence-electron chi connectivity index (χ2n) is 12.2. The molecule has 45 heavy (non-hydrogen) atoms.